The molecule has 106 valence electrons. The standard InChI is InChI=1S/C15H23ClN2O/c1-15(2,3)17-9-11-5-4-6-13(16)14(11)18-8-7-12(19)10-18/h4-6,12,17,19H,7-10H2,1-3H3. The van der Waals surface area contributed by atoms with Gasteiger partial charge in [0.25, 0.3) is 0 Å². The first kappa shape index (κ1) is 14.6. The second-order valence-corrected chi connectivity index (χ2v) is 6.65. The number of nitrogens with zero attached hydrogens (tertiary/aromatic N) is 1. The third kappa shape index (κ3) is 3.85. The SMILES string of the molecule is CC(C)(C)NCc1cccc(Cl)c1N1CCC(O)C1. The summed E-state index contributed by atoms with van der Waals surface area (Å²) in [5.74, 6) is 0. The van der Waals surface area contributed by atoms with Gasteiger partial charge in [-0.05, 0) is 38.8 Å². The molecule has 1 atom stereocenters. The van der Waals surface area contributed by atoms with E-state index >= 15 is 0 Å². The molecule has 3 nitrogen and oxygen atoms in total. The van der Waals surface area contributed by atoms with Crippen LogP contribution in [0.15, 0.2) is 18.2 Å². The number of aliphatic hydroxyl groups excluding tert-OH is 1. The molecule has 0 radical (unpaired) electrons. The lowest BCUT2D eigenvalue weighted by Crippen LogP contribution is -2.35. The number of aliphatic hydroxyl groups is 1. The molecule has 1 aromatic rings. The van der Waals surface area contributed by atoms with E-state index in [0.29, 0.717) is 6.54 Å². The highest BCUT2D eigenvalue weighted by Gasteiger charge is 2.24. The number of anilines is 1. The van der Waals surface area contributed by atoms with E-state index in [1.807, 2.05) is 12.1 Å². The van der Waals surface area contributed by atoms with Crippen molar-refractivity contribution >= 4 is 17.3 Å². The Bertz CT molecular complexity index is 442. The number of para-hydroxylation sites is 1. The molecule has 1 aliphatic heterocycles. The van der Waals surface area contributed by atoms with Crippen LogP contribution in [0.5, 0.6) is 0 Å². The molecule has 0 saturated carbocycles. The number of rotatable bonds is 3. The van der Waals surface area contributed by atoms with E-state index in [1.54, 1.807) is 0 Å². The Hall–Kier alpha value is -0.770. The summed E-state index contributed by atoms with van der Waals surface area (Å²) < 4.78 is 0. The number of hydrogen-bond acceptors (Lipinski definition) is 3. The molecule has 1 saturated heterocycles. The van der Waals surface area contributed by atoms with Crippen molar-refractivity contribution in [3.05, 3.63) is 28.8 Å². The maximum absolute atomic E-state index is 9.70. The highest BCUT2D eigenvalue weighted by atomic mass is 35.5. The minimum Gasteiger partial charge on any atom is -0.391 e. The van der Waals surface area contributed by atoms with Crippen molar-refractivity contribution in [1.29, 1.82) is 0 Å². The van der Waals surface area contributed by atoms with Crippen molar-refractivity contribution in [2.75, 3.05) is 18.0 Å². The van der Waals surface area contributed by atoms with Crippen LogP contribution in [0.2, 0.25) is 5.02 Å². The van der Waals surface area contributed by atoms with Gasteiger partial charge in [-0.3, -0.25) is 0 Å². The molecule has 4 heteroatoms. The van der Waals surface area contributed by atoms with Crippen molar-refractivity contribution in [2.24, 2.45) is 0 Å². The van der Waals surface area contributed by atoms with Gasteiger partial charge in [-0.25, -0.2) is 0 Å². The number of nitrogens with one attached hydrogen (secondary N) is 1. The highest BCUT2D eigenvalue weighted by Crippen LogP contribution is 2.32. The van der Waals surface area contributed by atoms with E-state index in [1.165, 1.54) is 5.56 Å². The Balaban J connectivity index is 2.21. The second kappa shape index (κ2) is 5.70. The molecular weight excluding hydrogens is 260 g/mol. The Labute approximate surface area is 120 Å². The molecule has 19 heavy (non-hydrogen) atoms. The van der Waals surface area contributed by atoms with Gasteiger partial charge in [0.05, 0.1) is 16.8 Å². The molecular formula is C15H23ClN2O. The third-order valence-electron chi connectivity index (χ3n) is 3.36. The lowest BCUT2D eigenvalue weighted by molar-refractivity contribution is 0.198. The smallest absolute Gasteiger partial charge is 0.0731 e. The molecule has 1 fully saturated rings. The summed E-state index contributed by atoms with van der Waals surface area (Å²) in [6, 6.07) is 6.00. The number of hydrogen-bond donors (Lipinski definition) is 2. The molecule has 2 rings (SSSR count). The largest absolute Gasteiger partial charge is 0.391 e. The molecule has 0 spiro atoms. The fourth-order valence-corrected chi connectivity index (χ4v) is 2.68. The number of benzene rings is 1. The fourth-order valence-electron chi connectivity index (χ4n) is 2.36. The molecule has 0 aromatic heterocycles. The van der Waals surface area contributed by atoms with Crippen LogP contribution in [0, 0.1) is 0 Å². The molecule has 1 aromatic carbocycles. The van der Waals surface area contributed by atoms with Gasteiger partial charge in [0.2, 0.25) is 0 Å². The quantitative estimate of drug-likeness (QED) is 0.895. The first-order valence-electron chi connectivity index (χ1n) is 6.82. The van der Waals surface area contributed by atoms with Gasteiger partial charge in [-0.1, -0.05) is 23.7 Å². The van der Waals surface area contributed by atoms with Crippen molar-refractivity contribution in [1.82, 2.24) is 5.32 Å². The van der Waals surface area contributed by atoms with Gasteiger partial charge in [-0.2, -0.15) is 0 Å². The molecule has 2 N–H and O–H groups in total. The average Bonchev–Trinajstić information content (AvgIpc) is 2.72. The summed E-state index contributed by atoms with van der Waals surface area (Å²) in [5.41, 5.74) is 2.33. The van der Waals surface area contributed by atoms with Gasteiger partial charge in [0, 0.05) is 25.2 Å². The normalized spacial score (nSPS) is 20.1. The van der Waals surface area contributed by atoms with Crippen LogP contribution >= 0.6 is 11.6 Å². The summed E-state index contributed by atoms with van der Waals surface area (Å²) >= 11 is 6.36. The average molecular weight is 283 g/mol. The first-order chi connectivity index (χ1) is 8.87. The minimum absolute atomic E-state index is 0.0735. The lowest BCUT2D eigenvalue weighted by atomic mass is 10.1. The molecule has 1 unspecified atom stereocenters. The van der Waals surface area contributed by atoms with E-state index in [2.05, 4.69) is 37.1 Å². The van der Waals surface area contributed by atoms with Gasteiger partial charge >= 0.3 is 0 Å². The van der Waals surface area contributed by atoms with E-state index in [-0.39, 0.29) is 11.6 Å². The fraction of sp³-hybridized carbons (Fsp3) is 0.600. The van der Waals surface area contributed by atoms with Crippen LogP contribution in [0.1, 0.15) is 32.8 Å². The highest BCUT2D eigenvalue weighted by molar-refractivity contribution is 6.33. The zero-order valence-electron chi connectivity index (χ0n) is 11.9. The van der Waals surface area contributed by atoms with Crippen LogP contribution in [0.4, 0.5) is 5.69 Å². The second-order valence-electron chi connectivity index (χ2n) is 6.24. The van der Waals surface area contributed by atoms with E-state index in [0.717, 1.165) is 30.2 Å². The Morgan fingerprint density at radius 3 is 2.74 bits per heavy atom. The van der Waals surface area contributed by atoms with Crippen LogP contribution in [-0.2, 0) is 6.54 Å². The Morgan fingerprint density at radius 1 is 1.42 bits per heavy atom. The van der Waals surface area contributed by atoms with Gasteiger partial charge < -0.3 is 15.3 Å². The maximum atomic E-state index is 9.70. The summed E-state index contributed by atoms with van der Waals surface area (Å²) in [7, 11) is 0. The molecule has 0 bridgehead atoms. The first-order valence-corrected chi connectivity index (χ1v) is 7.20. The number of β-amino-alcohol motifs (C(OH)–C–C–N with tert-alkyl or cyclic N) is 1. The Kier molecular flexibility index (Phi) is 4.39. The third-order valence-corrected chi connectivity index (χ3v) is 3.66. The topological polar surface area (TPSA) is 35.5 Å². The zero-order valence-corrected chi connectivity index (χ0v) is 12.7. The van der Waals surface area contributed by atoms with E-state index < -0.39 is 0 Å². The minimum atomic E-state index is -0.236. The summed E-state index contributed by atoms with van der Waals surface area (Å²) in [6.07, 6.45) is 0.580. The van der Waals surface area contributed by atoms with E-state index in [9.17, 15) is 5.11 Å². The maximum Gasteiger partial charge on any atom is 0.0731 e. The number of halogens is 1. The van der Waals surface area contributed by atoms with Crippen LogP contribution in [-0.4, -0.2) is 29.8 Å². The van der Waals surface area contributed by atoms with Crippen LogP contribution < -0.4 is 10.2 Å². The molecule has 1 aliphatic rings. The van der Waals surface area contributed by atoms with Crippen LogP contribution in [0.3, 0.4) is 0 Å². The van der Waals surface area contributed by atoms with Crippen molar-refractivity contribution in [2.45, 2.75) is 45.4 Å². The molecule has 0 aliphatic carbocycles. The zero-order chi connectivity index (χ0) is 14.0. The summed E-state index contributed by atoms with van der Waals surface area (Å²) in [6.45, 7) is 8.77. The van der Waals surface area contributed by atoms with Crippen molar-refractivity contribution in [3.8, 4) is 0 Å². The summed E-state index contributed by atoms with van der Waals surface area (Å²) in [5, 5.41) is 14.0. The monoisotopic (exact) mass is 282 g/mol. The van der Waals surface area contributed by atoms with Gasteiger partial charge in [-0.15, -0.1) is 0 Å². The van der Waals surface area contributed by atoms with Gasteiger partial charge in [0.15, 0.2) is 0 Å². The van der Waals surface area contributed by atoms with Crippen molar-refractivity contribution in [3.63, 3.8) is 0 Å². The Morgan fingerprint density at radius 2 is 2.16 bits per heavy atom. The lowest BCUT2D eigenvalue weighted by Gasteiger charge is -2.26. The summed E-state index contributed by atoms with van der Waals surface area (Å²) in [4.78, 5) is 2.19. The molecule has 1 heterocycles. The van der Waals surface area contributed by atoms with Crippen LogP contribution in [0.25, 0.3) is 0 Å². The van der Waals surface area contributed by atoms with Gasteiger partial charge in [0.1, 0.15) is 0 Å². The predicted molar refractivity (Wildman–Crippen MR) is 80.9 cm³/mol. The van der Waals surface area contributed by atoms with E-state index in [4.69, 9.17) is 11.6 Å². The molecule has 0 amide bonds. The predicted octanol–water partition coefficient (Wildman–Crippen LogP) is 2.80. The van der Waals surface area contributed by atoms with Crippen molar-refractivity contribution < 1.29 is 5.11 Å².